The van der Waals surface area contributed by atoms with E-state index in [1.165, 1.54) is 3.57 Å². The average molecular weight is 401 g/mol. The first-order valence-corrected chi connectivity index (χ1v) is 8.13. The van der Waals surface area contributed by atoms with E-state index in [9.17, 15) is 0 Å². The number of halogens is 1. The highest BCUT2D eigenvalue weighted by atomic mass is 127. The largest absolute Gasteiger partial charge is 0.303 e. The van der Waals surface area contributed by atoms with Crippen LogP contribution in [-0.4, -0.2) is 15.8 Å². The SMILES string of the molecule is Cc1cc(C=Nc2cccc(I)c2)c(C)n1-c1ccccn1. The molecule has 0 unspecified atom stereocenters. The summed E-state index contributed by atoms with van der Waals surface area (Å²) in [7, 11) is 0. The fraction of sp³-hybridized carbons (Fsp3) is 0.111. The van der Waals surface area contributed by atoms with Gasteiger partial charge < -0.3 is 4.57 Å². The maximum absolute atomic E-state index is 4.58. The monoisotopic (exact) mass is 401 g/mol. The van der Waals surface area contributed by atoms with Crippen molar-refractivity contribution >= 4 is 34.5 Å². The molecule has 3 rings (SSSR count). The minimum atomic E-state index is 0.936. The second-order valence-electron chi connectivity index (χ2n) is 5.09. The van der Waals surface area contributed by atoms with E-state index >= 15 is 0 Å². The normalized spacial score (nSPS) is 11.2. The lowest BCUT2D eigenvalue weighted by Gasteiger charge is -2.07. The first-order chi connectivity index (χ1) is 10.6. The lowest BCUT2D eigenvalue weighted by molar-refractivity contribution is 0.921. The molecule has 4 heteroatoms. The number of aromatic nitrogens is 2. The Morgan fingerprint density at radius 1 is 1.09 bits per heavy atom. The molecule has 1 aromatic carbocycles. The molecule has 0 bridgehead atoms. The van der Waals surface area contributed by atoms with Crippen molar-refractivity contribution in [2.75, 3.05) is 0 Å². The Labute approximate surface area is 143 Å². The maximum atomic E-state index is 4.58. The molecule has 3 nitrogen and oxygen atoms in total. The van der Waals surface area contributed by atoms with Gasteiger partial charge in [0.15, 0.2) is 0 Å². The van der Waals surface area contributed by atoms with Gasteiger partial charge in [-0.25, -0.2) is 4.98 Å². The molecule has 0 aliphatic heterocycles. The van der Waals surface area contributed by atoms with Crippen LogP contribution < -0.4 is 0 Å². The van der Waals surface area contributed by atoms with Gasteiger partial charge in [-0.15, -0.1) is 0 Å². The number of hydrogen-bond donors (Lipinski definition) is 0. The number of rotatable bonds is 3. The standard InChI is InChI=1S/C18H16IN3/c1-13-10-15(12-21-17-7-5-6-16(19)11-17)14(2)22(13)18-8-3-4-9-20-18/h3-12H,1-2H3. The zero-order valence-corrected chi connectivity index (χ0v) is 14.7. The Balaban J connectivity index is 1.96. The Morgan fingerprint density at radius 3 is 2.68 bits per heavy atom. The summed E-state index contributed by atoms with van der Waals surface area (Å²) in [5.41, 5.74) is 4.38. The third-order valence-electron chi connectivity index (χ3n) is 3.51. The van der Waals surface area contributed by atoms with Gasteiger partial charge >= 0.3 is 0 Å². The molecule has 0 saturated carbocycles. The molecule has 22 heavy (non-hydrogen) atoms. The lowest BCUT2D eigenvalue weighted by atomic mass is 10.2. The Bertz CT molecular complexity index is 820. The summed E-state index contributed by atoms with van der Waals surface area (Å²) in [5, 5.41) is 0. The van der Waals surface area contributed by atoms with Gasteiger partial charge in [0.25, 0.3) is 0 Å². The maximum Gasteiger partial charge on any atom is 0.136 e. The molecule has 0 amide bonds. The molecule has 3 aromatic rings. The van der Waals surface area contributed by atoms with Gasteiger partial charge in [-0.1, -0.05) is 12.1 Å². The highest BCUT2D eigenvalue weighted by Gasteiger charge is 2.09. The molecule has 0 aliphatic carbocycles. The minimum Gasteiger partial charge on any atom is -0.303 e. The molecular weight excluding hydrogens is 385 g/mol. The van der Waals surface area contributed by atoms with Crippen LogP contribution >= 0.6 is 22.6 Å². The van der Waals surface area contributed by atoms with E-state index in [0.29, 0.717) is 0 Å². The molecule has 110 valence electrons. The zero-order chi connectivity index (χ0) is 15.5. The fourth-order valence-electron chi connectivity index (χ4n) is 2.46. The van der Waals surface area contributed by atoms with Crippen molar-refractivity contribution in [2.45, 2.75) is 13.8 Å². The van der Waals surface area contributed by atoms with Crippen LogP contribution in [0.15, 0.2) is 59.7 Å². The summed E-state index contributed by atoms with van der Waals surface area (Å²) in [4.78, 5) is 9.01. The fourth-order valence-corrected chi connectivity index (χ4v) is 2.98. The first kappa shape index (κ1) is 15.0. The van der Waals surface area contributed by atoms with Crippen LogP contribution in [0.3, 0.4) is 0 Å². The number of nitrogens with zero attached hydrogens (tertiary/aromatic N) is 3. The number of hydrogen-bond acceptors (Lipinski definition) is 2. The van der Waals surface area contributed by atoms with Crippen molar-refractivity contribution in [3.05, 3.63) is 75.2 Å². The summed E-state index contributed by atoms with van der Waals surface area (Å²) in [6.45, 7) is 4.18. The van der Waals surface area contributed by atoms with Gasteiger partial charge in [-0.2, -0.15) is 0 Å². The summed E-state index contributed by atoms with van der Waals surface area (Å²) in [6.07, 6.45) is 3.74. The minimum absolute atomic E-state index is 0.936. The third-order valence-corrected chi connectivity index (χ3v) is 4.18. The third kappa shape index (κ3) is 3.11. The molecule has 0 atom stereocenters. The summed E-state index contributed by atoms with van der Waals surface area (Å²) < 4.78 is 3.34. The Hall–Kier alpha value is -1.95. The summed E-state index contributed by atoms with van der Waals surface area (Å²) in [5.74, 6) is 0.936. The van der Waals surface area contributed by atoms with E-state index in [4.69, 9.17) is 0 Å². The smallest absolute Gasteiger partial charge is 0.136 e. The van der Waals surface area contributed by atoms with Crippen LogP contribution in [0.1, 0.15) is 17.0 Å². The van der Waals surface area contributed by atoms with Gasteiger partial charge in [0.1, 0.15) is 5.82 Å². The topological polar surface area (TPSA) is 30.2 Å². The Morgan fingerprint density at radius 2 is 1.95 bits per heavy atom. The molecule has 0 radical (unpaired) electrons. The lowest BCUT2D eigenvalue weighted by Crippen LogP contribution is -2.01. The van der Waals surface area contributed by atoms with Crippen molar-refractivity contribution in [3.63, 3.8) is 0 Å². The molecule has 0 aliphatic rings. The second-order valence-corrected chi connectivity index (χ2v) is 6.33. The van der Waals surface area contributed by atoms with Gasteiger partial charge in [0, 0.05) is 32.9 Å². The van der Waals surface area contributed by atoms with Gasteiger partial charge in [0.2, 0.25) is 0 Å². The van der Waals surface area contributed by atoms with E-state index in [-0.39, 0.29) is 0 Å². The number of aliphatic imine (C=N–C) groups is 1. The second kappa shape index (κ2) is 6.44. The highest BCUT2D eigenvalue weighted by Crippen LogP contribution is 2.20. The molecule has 2 heterocycles. The number of pyridine rings is 1. The molecule has 0 saturated heterocycles. The molecule has 0 fully saturated rings. The highest BCUT2D eigenvalue weighted by molar-refractivity contribution is 14.1. The molecular formula is C18H16IN3. The number of aryl methyl sites for hydroxylation is 1. The zero-order valence-electron chi connectivity index (χ0n) is 12.5. The van der Waals surface area contributed by atoms with Crippen LogP contribution in [0.2, 0.25) is 0 Å². The Kier molecular flexibility index (Phi) is 4.38. The van der Waals surface area contributed by atoms with E-state index in [0.717, 1.165) is 28.5 Å². The van der Waals surface area contributed by atoms with Gasteiger partial charge in [-0.05, 0) is 72.8 Å². The van der Waals surface area contributed by atoms with Crippen LogP contribution in [0.4, 0.5) is 5.69 Å². The first-order valence-electron chi connectivity index (χ1n) is 7.05. The molecule has 0 spiro atoms. The predicted molar refractivity (Wildman–Crippen MR) is 99.5 cm³/mol. The van der Waals surface area contributed by atoms with Gasteiger partial charge in [-0.3, -0.25) is 4.99 Å². The molecule has 2 aromatic heterocycles. The molecule has 0 N–H and O–H groups in total. The van der Waals surface area contributed by atoms with E-state index < -0.39 is 0 Å². The van der Waals surface area contributed by atoms with Crippen LogP contribution in [0, 0.1) is 17.4 Å². The van der Waals surface area contributed by atoms with E-state index in [1.54, 1.807) is 0 Å². The van der Waals surface area contributed by atoms with Crippen molar-refractivity contribution in [3.8, 4) is 5.82 Å². The van der Waals surface area contributed by atoms with Crippen molar-refractivity contribution < 1.29 is 0 Å². The average Bonchev–Trinajstić information content (AvgIpc) is 2.80. The van der Waals surface area contributed by atoms with E-state index in [2.05, 4.69) is 69.2 Å². The summed E-state index contributed by atoms with van der Waals surface area (Å²) >= 11 is 2.30. The van der Waals surface area contributed by atoms with Crippen molar-refractivity contribution in [2.24, 2.45) is 4.99 Å². The van der Waals surface area contributed by atoms with Crippen LogP contribution in [0.5, 0.6) is 0 Å². The van der Waals surface area contributed by atoms with E-state index in [1.807, 2.05) is 42.7 Å². The summed E-state index contributed by atoms with van der Waals surface area (Å²) in [6, 6.07) is 16.2. The van der Waals surface area contributed by atoms with Crippen molar-refractivity contribution in [1.82, 2.24) is 9.55 Å². The van der Waals surface area contributed by atoms with Crippen LogP contribution in [-0.2, 0) is 0 Å². The van der Waals surface area contributed by atoms with Crippen molar-refractivity contribution in [1.29, 1.82) is 0 Å². The quantitative estimate of drug-likeness (QED) is 0.456. The van der Waals surface area contributed by atoms with Gasteiger partial charge in [0.05, 0.1) is 5.69 Å². The number of benzene rings is 1. The predicted octanol–water partition coefficient (Wildman–Crippen LogP) is 4.84. The van der Waals surface area contributed by atoms with Crippen LogP contribution in [0.25, 0.3) is 5.82 Å².